The summed E-state index contributed by atoms with van der Waals surface area (Å²) in [6.45, 7) is 2.33. The number of halogens is 1. The smallest absolute Gasteiger partial charge is 0.121 e. The van der Waals surface area contributed by atoms with Crippen molar-refractivity contribution in [3.8, 4) is 11.8 Å². The molecule has 2 atom stereocenters. The van der Waals surface area contributed by atoms with Crippen LogP contribution in [-0.2, 0) is 0 Å². The van der Waals surface area contributed by atoms with Gasteiger partial charge in [0.15, 0.2) is 0 Å². The van der Waals surface area contributed by atoms with Gasteiger partial charge in [0.25, 0.3) is 0 Å². The molecule has 1 aliphatic rings. The van der Waals surface area contributed by atoms with Gasteiger partial charge in [0.2, 0.25) is 0 Å². The summed E-state index contributed by atoms with van der Waals surface area (Å²) in [6.07, 6.45) is 0. The molecule has 1 saturated heterocycles. The highest BCUT2D eigenvalue weighted by molar-refractivity contribution is 6.33. The molecule has 1 heterocycles. The van der Waals surface area contributed by atoms with E-state index in [0.29, 0.717) is 22.9 Å². The molecule has 1 fully saturated rings. The van der Waals surface area contributed by atoms with Crippen LogP contribution in [-0.4, -0.2) is 54.6 Å². The van der Waals surface area contributed by atoms with E-state index >= 15 is 0 Å². The molecule has 34 heavy (non-hydrogen) atoms. The SMILES string of the molecule is N#Cc1ccc(C(CO)N2CCN(c3ccc(OCCO)cc3Cl)[C@H](c3ccccc3)C2)cc1. The highest BCUT2D eigenvalue weighted by Gasteiger charge is 2.33. The van der Waals surface area contributed by atoms with Crippen molar-refractivity contribution in [2.24, 2.45) is 0 Å². The Morgan fingerprint density at radius 2 is 1.79 bits per heavy atom. The van der Waals surface area contributed by atoms with Crippen LogP contribution in [0, 0.1) is 11.3 Å². The molecule has 1 unspecified atom stereocenters. The quantitative estimate of drug-likeness (QED) is 0.506. The summed E-state index contributed by atoms with van der Waals surface area (Å²) in [6, 6.07) is 25.4. The molecular formula is C27H28ClN3O3. The number of nitriles is 1. The summed E-state index contributed by atoms with van der Waals surface area (Å²) in [4.78, 5) is 4.60. The third-order valence-electron chi connectivity index (χ3n) is 6.22. The summed E-state index contributed by atoms with van der Waals surface area (Å²) >= 11 is 6.68. The van der Waals surface area contributed by atoms with Crippen molar-refractivity contribution in [2.75, 3.05) is 44.4 Å². The van der Waals surface area contributed by atoms with Crippen LogP contribution in [0.4, 0.5) is 5.69 Å². The molecule has 0 spiro atoms. The number of ether oxygens (including phenoxy) is 1. The van der Waals surface area contributed by atoms with E-state index in [1.54, 1.807) is 18.2 Å². The van der Waals surface area contributed by atoms with Crippen LogP contribution >= 0.6 is 11.6 Å². The topological polar surface area (TPSA) is 80.0 Å². The molecule has 0 aromatic heterocycles. The molecule has 1 aliphatic heterocycles. The summed E-state index contributed by atoms with van der Waals surface area (Å²) in [5.74, 6) is 0.624. The van der Waals surface area contributed by atoms with Gasteiger partial charge in [0.05, 0.1) is 47.6 Å². The van der Waals surface area contributed by atoms with E-state index in [1.165, 1.54) is 5.56 Å². The Morgan fingerprint density at radius 3 is 2.44 bits per heavy atom. The maximum absolute atomic E-state index is 10.3. The lowest BCUT2D eigenvalue weighted by Gasteiger charge is -2.46. The van der Waals surface area contributed by atoms with Crippen molar-refractivity contribution in [2.45, 2.75) is 12.1 Å². The summed E-state index contributed by atoms with van der Waals surface area (Å²) < 4.78 is 5.51. The average molecular weight is 478 g/mol. The second-order valence-electron chi connectivity index (χ2n) is 8.23. The zero-order chi connectivity index (χ0) is 23.9. The first-order valence-electron chi connectivity index (χ1n) is 11.3. The summed E-state index contributed by atoms with van der Waals surface area (Å²) in [5.41, 5.74) is 3.68. The molecule has 4 rings (SSSR count). The minimum Gasteiger partial charge on any atom is -0.491 e. The molecule has 2 N–H and O–H groups in total. The van der Waals surface area contributed by atoms with Crippen LogP contribution in [0.3, 0.4) is 0 Å². The molecule has 0 bridgehead atoms. The lowest BCUT2D eigenvalue weighted by atomic mass is 9.97. The lowest BCUT2D eigenvalue weighted by molar-refractivity contribution is 0.103. The Labute approximate surface area is 205 Å². The van der Waals surface area contributed by atoms with E-state index in [2.05, 4.69) is 28.0 Å². The van der Waals surface area contributed by atoms with Gasteiger partial charge in [0.1, 0.15) is 12.4 Å². The molecule has 3 aromatic rings. The van der Waals surface area contributed by atoms with E-state index in [-0.39, 0.29) is 31.9 Å². The van der Waals surface area contributed by atoms with Crippen molar-refractivity contribution in [1.29, 1.82) is 5.26 Å². The molecular weight excluding hydrogens is 450 g/mol. The zero-order valence-electron chi connectivity index (χ0n) is 18.8. The number of piperazine rings is 1. The minimum atomic E-state index is -0.161. The Balaban J connectivity index is 1.62. The third kappa shape index (κ3) is 5.35. The highest BCUT2D eigenvalue weighted by atomic mass is 35.5. The van der Waals surface area contributed by atoms with Gasteiger partial charge in [-0.15, -0.1) is 0 Å². The Morgan fingerprint density at radius 1 is 1.03 bits per heavy atom. The number of anilines is 1. The number of rotatable bonds is 8. The molecule has 6 nitrogen and oxygen atoms in total. The van der Waals surface area contributed by atoms with E-state index in [9.17, 15) is 5.11 Å². The summed E-state index contributed by atoms with van der Waals surface area (Å²) in [5, 5.41) is 29.0. The van der Waals surface area contributed by atoms with E-state index < -0.39 is 0 Å². The first-order chi connectivity index (χ1) is 16.6. The number of benzene rings is 3. The van der Waals surface area contributed by atoms with Gasteiger partial charge in [-0.25, -0.2) is 0 Å². The van der Waals surface area contributed by atoms with Crippen molar-refractivity contribution in [3.05, 3.63) is 94.5 Å². The molecule has 176 valence electrons. The predicted molar refractivity (Wildman–Crippen MR) is 133 cm³/mol. The number of hydrogen-bond donors (Lipinski definition) is 2. The zero-order valence-corrected chi connectivity index (χ0v) is 19.6. The van der Waals surface area contributed by atoms with Gasteiger partial charge in [-0.3, -0.25) is 4.90 Å². The van der Waals surface area contributed by atoms with Gasteiger partial charge in [-0.1, -0.05) is 54.1 Å². The summed E-state index contributed by atoms with van der Waals surface area (Å²) in [7, 11) is 0. The Bertz CT molecular complexity index is 1120. The lowest BCUT2D eigenvalue weighted by Crippen LogP contribution is -2.50. The van der Waals surface area contributed by atoms with Crippen LogP contribution in [0.15, 0.2) is 72.8 Å². The minimum absolute atomic E-state index is 0.00887. The highest BCUT2D eigenvalue weighted by Crippen LogP contribution is 2.38. The number of nitrogens with zero attached hydrogens (tertiary/aromatic N) is 3. The Hall–Kier alpha value is -3.08. The van der Waals surface area contributed by atoms with Gasteiger partial charge in [0, 0.05) is 25.7 Å². The molecule has 3 aromatic carbocycles. The monoisotopic (exact) mass is 477 g/mol. The normalized spacial score (nSPS) is 17.2. The standard InChI is InChI=1S/C27H28ClN3O3/c28-24-16-23(34-15-14-32)10-11-25(24)31-13-12-30(18-26(31)21-4-2-1-3-5-21)27(19-33)22-8-6-20(17-29)7-9-22/h1-11,16,26-27,32-33H,12-15,18-19H2/t26-,27?/m0/s1. The first kappa shape index (κ1) is 24.1. The number of aliphatic hydroxyl groups excluding tert-OH is 2. The maximum atomic E-state index is 10.3. The maximum Gasteiger partial charge on any atom is 0.121 e. The second kappa shape index (κ2) is 11.4. The number of hydrogen-bond acceptors (Lipinski definition) is 6. The average Bonchev–Trinajstić information content (AvgIpc) is 2.89. The van der Waals surface area contributed by atoms with E-state index in [4.69, 9.17) is 26.7 Å². The molecule has 7 heteroatoms. The van der Waals surface area contributed by atoms with Gasteiger partial charge in [-0.05, 0) is 35.4 Å². The van der Waals surface area contributed by atoms with Crippen LogP contribution in [0.5, 0.6) is 5.75 Å². The molecule has 0 saturated carbocycles. The van der Waals surface area contributed by atoms with Crippen molar-refractivity contribution >= 4 is 17.3 Å². The third-order valence-corrected chi connectivity index (χ3v) is 6.53. The van der Waals surface area contributed by atoms with Crippen molar-refractivity contribution in [1.82, 2.24) is 4.90 Å². The van der Waals surface area contributed by atoms with E-state index in [1.807, 2.05) is 42.5 Å². The van der Waals surface area contributed by atoms with Crippen LogP contribution in [0.2, 0.25) is 5.02 Å². The van der Waals surface area contributed by atoms with Gasteiger partial charge in [-0.2, -0.15) is 5.26 Å². The van der Waals surface area contributed by atoms with Gasteiger partial charge < -0.3 is 19.8 Å². The van der Waals surface area contributed by atoms with Crippen LogP contribution in [0.1, 0.15) is 28.8 Å². The predicted octanol–water partition coefficient (Wildman–Crippen LogP) is 4.18. The van der Waals surface area contributed by atoms with E-state index in [0.717, 1.165) is 24.3 Å². The van der Waals surface area contributed by atoms with Crippen LogP contribution < -0.4 is 9.64 Å². The fourth-order valence-electron chi connectivity index (χ4n) is 4.52. The van der Waals surface area contributed by atoms with Gasteiger partial charge >= 0.3 is 0 Å². The molecule has 0 radical (unpaired) electrons. The Kier molecular flexibility index (Phi) is 8.04. The largest absolute Gasteiger partial charge is 0.491 e. The van der Waals surface area contributed by atoms with Crippen molar-refractivity contribution < 1.29 is 14.9 Å². The fraction of sp³-hybridized carbons (Fsp3) is 0.296. The molecule has 0 amide bonds. The first-order valence-corrected chi connectivity index (χ1v) is 11.7. The van der Waals surface area contributed by atoms with Crippen LogP contribution in [0.25, 0.3) is 0 Å². The number of aliphatic hydroxyl groups is 2. The van der Waals surface area contributed by atoms with Crippen molar-refractivity contribution in [3.63, 3.8) is 0 Å². The molecule has 0 aliphatic carbocycles. The fourth-order valence-corrected chi connectivity index (χ4v) is 4.80. The second-order valence-corrected chi connectivity index (χ2v) is 8.64.